The van der Waals surface area contributed by atoms with E-state index in [0.29, 0.717) is 12.1 Å². The number of carboxylic acids is 1. The Morgan fingerprint density at radius 3 is 2.67 bits per heavy atom. The summed E-state index contributed by atoms with van der Waals surface area (Å²) in [5.74, 6) is -1.24. The molecule has 0 saturated carbocycles. The highest BCUT2D eigenvalue weighted by Crippen LogP contribution is 2.34. The lowest BCUT2D eigenvalue weighted by atomic mass is 9.98. The fourth-order valence-corrected chi connectivity index (χ4v) is 3.58. The summed E-state index contributed by atoms with van der Waals surface area (Å²) in [4.78, 5) is 25.5. The summed E-state index contributed by atoms with van der Waals surface area (Å²) in [6.07, 6.45) is 5.76. The van der Waals surface area contributed by atoms with Crippen molar-refractivity contribution in [3.05, 3.63) is 18.0 Å². The zero-order chi connectivity index (χ0) is 15.0. The molecule has 3 rings (SSSR count). The average molecular weight is 292 g/mol. The third-order valence-corrected chi connectivity index (χ3v) is 4.69. The molecule has 2 aliphatic rings. The molecule has 2 aliphatic heterocycles. The highest BCUT2D eigenvalue weighted by molar-refractivity contribution is 5.86. The summed E-state index contributed by atoms with van der Waals surface area (Å²) in [6.45, 7) is -0.0453. The van der Waals surface area contributed by atoms with Gasteiger partial charge in [-0.3, -0.25) is 4.79 Å². The number of aromatic nitrogens is 2. The first kappa shape index (κ1) is 14.1. The van der Waals surface area contributed by atoms with Crippen LogP contribution in [0.5, 0.6) is 0 Å². The molecule has 2 fully saturated rings. The van der Waals surface area contributed by atoms with E-state index in [-0.39, 0.29) is 24.2 Å². The van der Waals surface area contributed by atoms with Crippen molar-refractivity contribution < 1.29 is 14.7 Å². The molecule has 0 aliphatic carbocycles. The van der Waals surface area contributed by atoms with E-state index in [1.807, 2.05) is 0 Å². The summed E-state index contributed by atoms with van der Waals surface area (Å²) in [7, 11) is 2.16. The molecule has 7 nitrogen and oxygen atoms in total. The lowest BCUT2D eigenvalue weighted by Crippen LogP contribution is -2.49. The minimum atomic E-state index is -1.07. The first-order valence-corrected chi connectivity index (χ1v) is 7.31. The van der Waals surface area contributed by atoms with Gasteiger partial charge in [-0.05, 0) is 38.8 Å². The van der Waals surface area contributed by atoms with Crippen LogP contribution < -0.4 is 5.32 Å². The van der Waals surface area contributed by atoms with Gasteiger partial charge in [0.05, 0.1) is 0 Å². The van der Waals surface area contributed by atoms with Crippen LogP contribution in [0, 0.1) is 0 Å². The van der Waals surface area contributed by atoms with E-state index >= 15 is 0 Å². The first-order chi connectivity index (χ1) is 10.0. The van der Waals surface area contributed by atoms with Gasteiger partial charge in [0.2, 0.25) is 5.91 Å². The quantitative estimate of drug-likeness (QED) is 0.834. The molecular weight excluding hydrogens is 272 g/mol. The zero-order valence-electron chi connectivity index (χ0n) is 12.0. The van der Waals surface area contributed by atoms with Gasteiger partial charge in [-0.25, -0.2) is 9.48 Å². The van der Waals surface area contributed by atoms with Crippen molar-refractivity contribution in [3.8, 4) is 0 Å². The number of hydrogen-bond donors (Lipinski definition) is 2. The molecule has 0 radical (unpaired) electrons. The number of nitrogens with zero attached hydrogens (tertiary/aromatic N) is 3. The number of rotatable bonds is 4. The molecule has 0 spiro atoms. The fourth-order valence-electron chi connectivity index (χ4n) is 3.58. The third kappa shape index (κ3) is 2.78. The molecule has 2 saturated heterocycles. The van der Waals surface area contributed by atoms with Crippen molar-refractivity contribution in [1.82, 2.24) is 20.0 Å². The number of piperidine rings is 1. The van der Waals surface area contributed by atoms with E-state index in [2.05, 4.69) is 22.4 Å². The van der Waals surface area contributed by atoms with Crippen LogP contribution in [0.1, 0.15) is 36.2 Å². The Morgan fingerprint density at radius 2 is 2.05 bits per heavy atom. The standard InChI is InChI=1S/C14H20N4O3/c1-17-10-2-3-11(17)7-9(6-10)16-13(19)8-18-12(14(20)21)4-5-15-18/h4-5,9-11H,2-3,6-8H2,1H3,(H,16,19)(H,20,21). The largest absolute Gasteiger partial charge is 0.477 e. The lowest BCUT2D eigenvalue weighted by molar-refractivity contribution is -0.123. The molecule has 7 heteroatoms. The molecule has 2 unspecified atom stereocenters. The number of carbonyl (C=O) groups excluding carboxylic acids is 1. The van der Waals surface area contributed by atoms with Gasteiger partial charge in [0, 0.05) is 24.3 Å². The van der Waals surface area contributed by atoms with Gasteiger partial charge in [-0.15, -0.1) is 0 Å². The van der Waals surface area contributed by atoms with Crippen LogP contribution >= 0.6 is 0 Å². The minimum Gasteiger partial charge on any atom is -0.477 e. The SMILES string of the molecule is CN1C2CCC1CC(NC(=O)Cn1nccc1C(=O)O)C2. The van der Waals surface area contributed by atoms with Crippen molar-refractivity contribution in [2.75, 3.05) is 7.05 Å². The molecule has 3 heterocycles. The Bertz CT molecular complexity index is 542. The topological polar surface area (TPSA) is 87.5 Å². The van der Waals surface area contributed by atoms with Crippen LogP contribution in [0.15, 0.2) is 12.3 Å². The summed E-state index contributed by atoms with van der Waals surface area (Å²) in [5.41, 5.74) is 0.0357. The predicted molar refractivity (Wildman–Crippen MR) is 74.9 cm³/mol. The Balaban J connectivity index is 1.57. The second-order valence-corrected chi connectivity index (χ2v) is 5.97. The van der Waals surface area contributed by atoms with Gasteiger partial charge < -0.3 is 15.3 Å². The second kappa shape index (κ2) is 5.48. The van der Waals surface area contributed by atoms with Crippen molar-refractivity contribution >= 4 is 11.9 Å². The van der Waals surface area contributed by atoms with Crippen LogP contribution in [-0.4, -0.2) is 56.8 Å². The number of carboxylic acid groups (broad SMARTS) is 1. The molecule has 1 aromatic rings. The van der Waals surface area contributed by atoms with E-state index in [1.54, 1.807) is 0 Å². The number of hydrogen-bond acceptors (Lipinski definition) is 4. The molecule has 114 valence electrons. The van der Waals surface area contributed by atoms with E-state index in [4.69, 9.17) is 5.11 Å². The van der Waals surface area contributed by atoms with Gasteiger partial charge in [0.25, 0.3) is 0 Å². The monoisotopic (exact) mass is 292 g/mol. The number of fused-ring (bicyclic) bond motifs is 2. The summed E-state index contributed by atoms with van der Waals surface area (Å²) >= 11 is 0. The van der Waals surface area contributed by atoms with Crippen molar-refractivity contribution in [3.63, 3.8) is 0 Å². The number of carbonyl (C=O) groups is 2. The molecule has 2 atom stereocenters. The Kier molecular flexibility index (Phi) is 3.67. The molecule has 21 heavy (non-hydrogen) atoms. The smallest absolute Gasteiger partial charge is 0.354 e. The average Bonchev–Trinajstić information content (AvgIpc) is 2.93. The fraction of sp³-hybridized carbons (Fsp3) is 0.643. The summed E-state index contributed by atoms with van der Waals surface area (Å²) in [5, 5.41) is 15.9. The van der Waals surface area contributed by atoms with E-state index < -0.39 is 5.97 Å². The highest BCUT2D eigenvalue weighted by Gasteiger charge is 2.38. The molecular formula is C14H20N4O3. The van der Waals surface area contributed by atoms with Crippen LogP contribution in [0.25, 0.3) is 0 Å². The summed E-state index contributed by atoms with van der Waals surface area (Å²) < 4.78 is 1.22. The van der Waals surface area contributed by atoms with Crippen molar-refractivity contribution in [2.45, 2.75) is 50.4 Å². The number of aromatic carboxylic acids is 1. The van der Waals surface area contributed by atoms with Gasteiger partial charge in [-0.2, -0.15) is 5.10 Å². The molecule has 2 bridgehead atoms. The predicted octanol–water partition coefficient (Wildman–Crippen LogP) is 0.323. The van der Waals surface area contributed by atoms with Crippen LogP contribution in [-0.2, 0) is 11.3 Å². The molecule has 2 N–H and O–H groups in total. The maximum atomic E-state index is 12.1. The lowest BCUT2D eigenvalue weighted by Gasteiger charge is -2.36. The van der Waals surface area contributed by atoms with E-state index in [9.17, 15) is 9.59 Å². The van der Waals surface area contributed by atoms with Gasteiger partial charge in [-0.1, -0.05) is 0 Å². The first-order valence-electron chi connectivity index (χ1n) is 7.31. The third-order valence-electron chi connectivity index (χ3n) is 4.69. The Morgan fingerprint density at radius 1 is 1.38 bits per heavy atom. The van der Waals surface area contributed by atoms with Crippen LogP contribution in [0.3, 0.4) is 0 Å². The number of nitrogens with one attached hydrogen (secondary N) is 1. The van der Waals surface area contributed by atoms with Crippen molar-refractivity contribution in [1.29, 1.82) is 0 Å². The molecule has 1 amide bonds. The van der Waals surface area contributed by atoms with Gasteiger partial charge in [0.15, 0.2) is 0 Å². The highest BCUT2D eigenvalue weighted by atomic mass is 16.4. The van der Waals surface area contributed by atoms with Crippen LogP contribution in [0.2, 0.25) is 0 Å². The van der Waals surface area contributed by atoms with Crippen LogP contribution in [0.4, 0.5) is 0 Å². The number of amides is 1. The normalized spacial score (nSPS) is 28.5. The van der Waals surface area contributed by atoms with E-state index in [1.165, 1.54) is 29.8 Å². The van der Waals surface area contributed by atoms with Crippen molar-refractivity contribution in [2.24, 2.45) is 0 Å². The van der Waals surface area contributed by atoms with Gasteiger partial charge >= 0.3 is 5.97 Å². The zero-order valence-corrected chi connectivity index (χ0v) is 12.0. The Labute approximate surface area is 122 Å². The minimum absolute atomic E-state index is 0.0357. The van der Waals surface area contributed by atoms with Gasteiger partial charge in [0.1, 0.15) is 12.2 Å². The Hall–Kier alpha value is -1.89. The molecule has 0 aromatic carbocycles. The maximum absolute atomic E-state index is 12.1. The van der Waals surface area contributed by atoms with E-state index in [0.717, 1.165) is 12.8 Å². The maximum Gasteiger partial charge on any atom is 0.354 e. The second-order valence-electron chi connectivity index (χ2n) is 5.97. The molecule has 1 aromatic heterocycles. The summed E-state index contributed by atoms with van der Waals surface area (Å²) in [6, 6.07) is 2.71.